The van der Waals surface area contributed by atoms with Gasteiger partial charge in [0.05, 0.1) is 13.7 Å². The number of hydrogen-bond donors (Lipinski definition) is 2. The number of hydrogen-bond acceptors (Lipinski definition) is 4. The number of rotatable bonds is 6. The van der Waals surface area contributed by atoms with Crippen molar-refractivity contribution in [3.63, 3.8) is 0 Å². The summed E-state index contributed by atoms with van der Waals surface area (Å²) >= 11 is 0. The average molecular weight is 324 g/mol. The molecule has 0 bridgehead atoms. The number of aliphatic hydroxyl groups excluding tert-OH is 1. The highest BCUT2D eigenvalue weighted by Crippen LogP contribution is 2.26. The Hall–Kier alpha value is -2.85. The third-order valence-corrected chi connectivity index (χ3v) is 3.62. The topological polar surface area (TPSA) is 66.8 Å². The zero-order valence-electron chi connectivity index (χ0n) is 13.7. The largest absolute Gasteiger partial charge is 0.504 e. The van der Waals surface area contributed by atoms with Gasteiger partial charge in [-0.25, -0.2) is 0 Å². The number of aliphatic hydroxyl groups is 1. The van der Waals surface area contributed by atoms with E-state index >= 15 is 0 Å². The number of carbonyl (C=O) groups excluding carboxylic acids is 1. The minimum atomic E-state index is -0.147. The third-order valence-electron chi connectivity index (χ3n) is 3.62. The lowest BCUT2D eigenvalue weighted by Crippen LogP contribution is -1.89. The van der Waals surface area contributed by atoms with Gasteiger partial charge in [-0.15, -0.1) is 0 Å². The fourth-order valence-electron chi connectivity index (χ4n) is 2.21. The summed E-state index contributed by atoms with van der Waals surface area (Å²) in [6.07, 6.45) is 6.34. The first-order valence-corrected chi connectivity index (χ1v) is 7.51. The van der Waals surface area contributed by atoms with Crippen molar-refractivity contribution in [3.8, 4) is 11.5 Å². The van der Waals surface area contributed by atoms with E-state index in [0.29, 0.717) is 5.75 Å². The van der Waals surface area contributed by atoms with Gasteiger partial charge in [0.15, 0.2) is 17.3 Å². The summed E-state index contributed by atoms with van der Waals surface area (Å²) in [5.74, 6) is 0.271. The molecule has 2 N–H and O–H groups in total. The normalized spacial score (nSPS) is 11.3. The molecule has 0 amide bonds. The molecule has 0 atom stereocenters. The van der Waals surface area contributed by atoms with E-state index < -0.39 is 0 Å². The minimum absolute atomic E-state index is 0.00753. The molecule has 0 spiro atoms. The Morgan fingerprint density at radius 2 is 1.71 bits per heavy atom. The molecular weight excluding hydrogens is 304 g/mol. The van der Waals surface area contributed by atoms with Crippen LogP contribution in [-0.2, 0) is 11.4 Å². The maximum atomic E-state index is 11.9. The molecule has 2 rings (SSSR count). The maximum absolute atomic E-state index is 11.9. The highest BCUT2D eigenvalue weighted by atomic mass is 16.5. The van der Waals surface area contributed by atoms with E-state index in [1.807, 2.05) is 25.1 Å². The zero-order chi connectivity index (χ0) is 17.5. The Labute approximate surface area is 141 Å². The second kappa shape index (κ2) is 8.13. The van der Waals surface area contributed by atoms with E-state index in [1.165, 1.54) is 25.3 Å². The summed E-state index contributed by atoms with van der Waals surface area (Å²) in [5, 5.41) is 18.7. The molecular formula is C20H20O4. The van der Waals surface area contributed by atoms with Crippen LogP contribution in [0.5, 0.6) is 11.5 Å². The Balaban J connectivity index is 2.06. The molecule has 0 aliphatic rings. The first-order valence-electron chi connectivity index (χ1n) is 7.51. The quantitative estimate of drug-likeness (QED) is 0.798. The SMILES string of the molecule is COc1cc(/C=C/C(=O)/C=C/c2ccc(CO)c(C)c2)ccc1O. The first-order chi connectivity index (χ1) is 11.5. The highest BCUT2D eigenvalue weighted by Gasteiger charge is 2.01. The van der Waals surface area contributed by atoms with E-state index in [4.69, 9.17) is 9.84 Å². The summed E-state index contributed by atoms with van der Waals surface area (Å²) in [7, 11) is 1.47. The number of ether oxygens (including phenoxy) is 1. The fraction of sp³-hybridized carbons (Fsp3) is 0.150. The van der Waals surface area contributed by atoms with Crippen LogP contribution in [0.4, 0.5) is 0 Å². The van der Waals surface area contributed by atoms with E-state index in [2.05, 4.69) is 0 Å². The lowest BCUT2D eigenvalue weighted by Gasteiger charge is -2.03. The van der Waals surface area contributed by atoms with Crippen LogP contribution in [0, 0.1) is 6.92 Å². The van der Waals surface area contributed by atoms with Crippen molar-refractivity contribution in [2.24, 2.45) is 0 Å². The van der Waals surface area contributed by atoms with Crippen LogP contribution in [0.1, 0.15) is 22.3 Å². The molecule has 0 aliphatic carbocycles. The number of aromatic hydroxyl groups is 1. The summed E-state index contributed by atoms with van der Waals surface area (Å²) in [5.41, 5.74) is 3.52. The molecule has 4 nitrogen and oxygen atoms in total. The number of benzene rings is 2. The van der Waals surface area contributed by atoms with Crippen LogP contribution in [0.15, 0.2) is 48.6 Å². The predicted molar refractivity (Wildman–Crippen MR) is 94.8 cm³/mol. The molecule has 2 aromatic carbocycles. The Kier molecular flexibility index (Phi) is 5.93. The van der Waals surface area contributed by atoms with Crippen LogP contribution in [0.25, 0.3) is 12.2 Å². The van der Waals surface area contributed by atoms with E-state index in [1.54, 1.807) is 24.3 Å². The number of aryl methyl sites for hydroxylation is 1. The summed E-state index contributed by atoms with van der Waals surface area (Å²) in [4.78, 5) is 11.9. The van der Waals surface area contributed by atoms with E-state index in [0.717, 1.165) is 22.3 Å². The Bertz CT molecular complexity index is 788. The van der Waals surface area contributed by atoms with Crippen LogP contribution in [0.3, 0.4) is 0 Å². The van der Waals surface area contributed by atoms with Crippen molar-refractivity contribution >= 4 is 17.9 Å². The average Bonchev–Trinajstić information content (AvgIpc) is 2.59. The highest BCUT2D eigenvalue weighted by molar-refractivity contribution is 6.04. The molecule has 4 heteroatoms. The van der Waals surface area contributed by atoms with Crippen LogP contribution < -0.4 is 4.74 Å². The lowest BCUT2D eigenvalue weighted by atomic mass is 10.1. The number of phenols is 1. The van der Waals surface area contributed by atoms with Gasteiger partial charge in [0.2, 0.25) is 0 Å². The Morgan fingerprint density at radius 1 is 1.08 bits per heavy atom. The smallest absolute Gasteiger partial charge is 0.178 e. The summed E-state index contributed by atoms with van der Waals surface area (Å²) in [6.45, 7) is 1.93. The first kappa shape index (κ1) is 17.5. The van der Waals surface area contributed by atoms with Gasteiger partial charge in [-0.2, -0.15) is 0 Å². The number of phenolic OH excluding ortho intramolecular Hbond substituents is 1. The predicted octanol–water partition coefficient (Wildman–Crippen LogP) is 3.50. The van der Waals surface area contributed by atoms with Gasteiger partial charge < -0.3 is 14.9 Å². The maximum Gasteiger partial charge on any atom is 0.178 e. The van der Waals surface area contributed by atoms with Crippen molar-refractivity contribution in [1.29, 1.82) is 0 Å². The van der Waals surface area contributed by atoms with Gasteiger partial charge in [0.25, 0.3) is 0 Å². The standard InChI is InChI=1S/C20H20O4/c1-14-11-15(3-7-17(14)13-21)4-8-18(22)9-5-16-6-10-19(23)20(12-16)24-2/h3-12,21,23H,13H2,1-2H3/b8-4+,9-5+. The number of ketones is 1. The van der Waals surface area contributed by atoms with Gasteiger partial charge in [0, 0.05) is 0 Å². The number of methoxy groups -OCH3 is 1. The van der Waals surface area contributed by atoms with Crippen molar-refractivity contribution in [2.75, 3.05) is 7.11 Å². The molecule has 124 valence electrons. The molecule has 0 radical (unpaired) electrons. The van der Waals surface area contributed by atoms with Crippen molar-refractivity contribution in [1.82, 2.24) is 0 Å². The van der Waals surface area contributed by atoms with Crippen LogP contribution in [-0.4, -0.2) is 23.1 Å². The second-order valence-electron chi connectivity index (χ2n) is 5.34. The fourth-order valence-corrected chi connectivity index (χ4v) is 2.21. The number of carbonyl (C=O) groups is 1. The van der Waals surface area contributed by atoms with Crippen LogP contribution in [0.2, 0.25) is 0 Å². The van der Waals surface area contributed by atoms with Crippen molar-refractivity contribution < 1.29 is 19.7 Å². The zero-order valence-corrected chi connectivity index (χ0v) is 13.7. The third kappa shape index (κ3) is 4.57. The van der Waals surface area contributed by atoms with Gasteiger partial charge in [0.1, 0.15) is 0 Å². The molecule has 0 aromatic heterocycles. The molecule has 2 aromatic rings. The molecule has 0 unspecified atom stereocenters. The van der Waals surface area contributed by atoms with Crippen molar-refractivity contribution in [2.45, 2.75) is 13.5 Å². The molecule has 0 fully saturated rings. The van der Waals surface area contributed by atoms with Crippen molar-refractivity contribution in [3.05, 3.63) is 70.8 Å². The Morgan fingerprint density at radius 3 is 2.29 bits per heavy atom. The molecule has 24 heavy (non-hydrogen) atoms. The summed E-state index contributed by atoms with van der Waals surface area (Å²) in [6, 6.07) is 10.5. The van der Waals surface area contributed by atoms with Gasteiger partial charge >= 0.3 is 0 Å². The van der Waals surface area contributed by atoms with Crippen LogP contribution >= 0.6 is 0 Å². The van der Waals surface area contributed by atoms with E-state index in [-0.39, 0.29) is 18.1 Å². The van der Waals surface area contributed by atoms with E-state index in [9.17, 15) is 9.90 Å². The molecule has 0 saturated heterocycles. The van der Waals surface area contributed by atoms with Gasteiger partial charge in [-0.1, -0.05) is 36.4 Å². The molecule has 0 saturated carbocycles. The molecule has 0 heterocycles. The second-order valence-corrected chi connectivity index (χ2v) is 5.34. The minimum Gasteiger partial charge on any atom is -0.504 e. The number of allylic oxidation sites excluding steroid dienone is 2. The molecule has 0 aliphatic heterocycles. The summed E-state index contributed by atoms with van der Waals surface area (Å²) < 4.78 is 5.03. The monoisotopic (exact) mass is 324 g/mol. The van der Waals surface area contributed by atoms with Gasteiger partial charge in [-0.05, 0) is 53.5 Å². The van der Waals surface area contributed by atoms with Gasteiger partial charge in [-0.3, -0.25) is 4.79 Å². The lowest BCUT2D eigenvalue weighted by molar-refractivity contribution is -0.110.